The number of halogens is 1. The van der Waals surface area contributed by atoms with Crippen LogP contribution in [0, 0.1) is 10.1 Å². The van der Waals surface area contributed by atoms with Crippen LogP contribution in [0.25, 0.3) is 0 Å². The van der Waals surface area contributed by atoms with E-state index in [2.05, 4.69) is 15.9 Å². The molecule has 1 heterocycles. The van der Waals surface area contributed by atoms with E-state index in [0.29, 0.717) is 25.1 Å². The molecular weight excluding hydrogens is 384 g/mol. The van der Waals surface area contributed by atoms with Crippen molar-refractivity contribution >= 4 is 37.3 Å². The number of nitrogens with zero attached hydrogens (tertiary/aromatic N) is 2. The van der Waals surface area contributed by atoms with Gasteiger partial charge in [-0.15, -0.1) is 0 Å². The van der Waals surface area contributed by atoms with Gasteiger partial charge in [0.25, 0.3) is 15.7 Å². The Bertz CT molecular complexity index is 866. The molecule has 0 fully saturated rings. The topological polar surface area (TPSA) is 80.5 Å². The SMILES string of the molecule is O=[N+]([O-])c1ccc2c(c1)N(S(=O)(=O)c1ccc(Br)cc1)CCC2. The lowest BCUT2D eigenvalue weighted by molar-refractivity contribution is -0.384. The summed E-state index contributed by atoms with van der Waals surface area (Å²) in [5.74, 6) is 0. The van der Waals surface area contributed by atoms with Crippen LogP contribution in [0.4, 0.5) is 11.4 Å². The van der Waals surface area contributed by atoms with Crippen molar-refractivity contribution in [1.82, 2.24) is 0 Å². The molecule has 0 atom stereocenters. The molecule has 0 aromatic heterocycles. The Labute approximate surface area is 142 Å². The van der Waals surface area contributed by atoms with Crippen LogP contribution in [0.15, 0.2) is 51.8 Å². The average Bonchev–Trinajstić information content (AvgIpc) is 2.54. The Hall–Kier alpha value is -1.93. The molecule has 8 heteroatoms. The number of sulfonamides is 1. The van der Waals surface area contributed by atoms with Gasteiger partial charge in [0.1, 0.15) is 0 Å². The quantitative estimate of drug-likeness (QED) is 0.587. The molecule has 1 aliphatic heterocycles. The normalized spacial score (nSPS) is 14.4. The molecule has 23 heavy (non-hydrogen) atoms. The van der Waals surface area contributed by atoms with Gasteiger partial charge < -0.3 is 0 Å². The van der Waals surface area contributed by atoms with E-state index in [1.165, 1.54) is 28.6 Å². The summed E-state index contributed by atoms with van der Waals surface area (Å²) >= 11 is 3.28. The Morgan fingerprint density at radius 1 is 1.13 bits per heavy atom. The van der Waals surface area contributed by atoms with Crippen LogP contribution in [0.1, 0.15) is 12.0 Å². The van der Waals surface area contributed by atoms with Gasteiger partial charge in [-0.25, -0.2) is 8.42 Å². The number of hydrogen-bond donors (Lipinski definition) is 0. The number of benzene rings is 2. The van der Waals surface area contributed by atoms with E-state index in [4.69, 9.17) is 0 Å². The lowest BCUT2D eigenvalue weighted by Gasteiger charge is -2.30. The zero-order chi connectivity index (χ0) is 16.6. The Balaban J connectivity index is 2.10. The highest BCUT2D eigenvalue weighted by atomic mass is 79.9. The number of fused-ring (bicyclic) bond motifs is 1. The maximum absolute atomic E-state index is 12.9. The molecular formula is C15H13BrN2O4S. The van der Waals surface area contributed by atoms with Gasteiger partial charge in [-0.2, -0.15) is 0 Å². The average molecular weight is 397 g/mol. The smallest absolute Gasteiger partial charge is 0.266 e. The van der Waals surface area contributed by atoms with Gasteiger partial charge in [-0.3, -0.25) is 14.4 Å². The monoisotopic (exact) mass is 396 g/mol. The summed E-state index contributed by atoms with van der Waals surface area (Å²) < 4.78 is 27.8. The predicted octanol–water partition coefficient (Wildman–Crippen LogP) is 3.50. The highest BCUT2D eigenvalue weighted by Gasteiger charge is 2.30. The number of rotatable bonds is 3. The van der Waals surface area contributed by atoms with E-state index >= 15 is 0 Å². The third-order valence-electron chi connectivity index (χ3n) is 3.76. The number of hydrogen-bond acceptors (Lipinski definition) is 4. The molecule has 6 nitrogen and oxygen atoms in total. The van der Waals surface area contributed by atoms with Crippen molar-refractivity contribution in [3.63, 3.8) is 0 Å². The minimum absolute atomic E-state index is 0.110. The maximum atomic E-state index is 12.9. The number of nitro groups is 1. The minimum atomic E-state index is -3.74. The fourth-order valence-corrected chi connectivity index (χ4v) is 4.42. The number of anilines is 1. The molecule has 2 aromatic carbocycles. The van der Waals surface area contributed by atoms with Crippen molar-refractivity contribution < 1.29 is 13.3 Å². The first-order valence-corrected chi connectivity index (χ1v) is 9.18. The highest BCUT2D eigenvalue weighted by Crippen LogP contribution is 2.34. The first kappa shape index (κ1) is 15.9. The Morgan fingerprint density at radius 3 is 2.48 bits per heavy atom. The van der Waals surface area contributed by atoms with Crippen LogP contribution in [0.5, 0.6) is 0 Å². The summed E-state index contributed by atoms with van der Waals surface area (Å²) in [6.07, 6.45) is 1.39. The van der Waals surface area contributed by atoms with Gasteiger partial charge in [-0.1, -0.05) is 22.0 Å². The summed E-state index contributed by atoms with van der Waals surface area (Å²) in [5, 5.41) is 11.0. The van der Waals surface area contributed by atoms with Crippen molar-refractivity contribution in [3.05, 3.63) is 62.6 Å². The van der Waals surface area contributed by atoms with E-state index in [1.54, 1.807) is 18.2 Å². The second kappa shape index (κ2) is 5.93. The second-order valence-corrected chi connectivity index (χ2v) is 7.98. The van der Waals surface area contributed by atoms with Crippen LogP contribution in [-0.4, -0.2) is 19.9 Å². The fraction of sp³-hybridized carbons (Fsp3) is 0.200. The summed E-state index contributed by atoms with van der Waals surface area (Å²) in [7, 11) is -3.74. The van der Waals surface area contributed by atoms with E-state index in [9.17, 15) is 18.5 Å². The van der Waals surface area contributed by atoms with Crippen molar-refractivity contribution in [1.29, 1.82) is 0 Å². The van der Waals surface area contributed by atoms with E-state index in [0.717, 1.165) is 10.0 Å². The van der Waals surface area contributed by atoms with Crippen LogP contribution in [0.3, 0.4) is 0 Å². The number of nitro benzene ring substituents is 1. The first-order valence-electron chi connectivity index (χ1n) is 6.95. The molecule has 120 valence electrons. The summed E-state index contributed by atoms with van der Waals surface area (Å²) in [6, 6.07) is 10.7. The van der Waals surface area contributed by atoms with E-state index in [1.807, 2.05) is 0 Å². The van der Waals surface area contributed by atoms with Gasteiger partial charge in [0.15, 0.2) is 0 Å². The Morgan fingerprint density at radius 2 is 1.83 bits per heavy atom. The Kier molecular flexibility index (Phi) is 4.11. The zero-order valence-corrected chi connectivity index (χ0v) is 14.4. The van der Waals surface area contributed by atoms with Crippen LogP contribution in [0.2, 0.25) is 0 Å². The molecule has 0 saturated carbocycles. The van der Waals surface area contributed by atoms with E-state index < -0.39 is 14.9 Å². The fourth-order valence-electron chi connectivity index (χ4n) is 2.63. The highest BCUT2D eigenvalue weighted by molar-refractivity contribution is 9.10. The lowest BCUT2D eigenvalue weighted by atomic mass is 10.0. The third-order valence-corrected chi connectivity index (χ3v) is 6.11. The van der Waals surface area contributed by atoms with Crippen molar-refractivity contribution in [2.75, 3.05) is 10.8 Å². The van der Waals surface area contributed by atoms with Gasteiger partial charge in [0.05, 0.1) is 15.5 Å². The van der Waals surface area contributed by atoms with E-state index in [-0.39, 0.29) is 10.6 Å². The molecule has 1 aliphatic rings. The first-order chi connectivity index (χ1) is 10.9. The minimum Gasteiger partial charge on any atom is -0.266 e. The molecule has 0 saturated heterocycles. The van der Waals surface area contributed by atoms with Crippen LogP contribution >= 0.6 is 15.9 Å². The van der Waals surface area contributed by atoms with Crippen LogP contribution in [-0.2, 0) is 16.4 Å². The molecule has 0 unspecified atom stereocenters. The molecule has 0 spiro atoms. The zero-order valence-electron chi connectivity index (χ0n) is 12.0. The maximum Gasteiger partial charge on any atom is 0.271 e. The van der Waals surface area contributed by atoms with Gasteiger partial charge in [-0.05, 0) is 42.7 Å². The van der Waals surface area contributed by atoms with Gasteiger partial charge >= 0.3 is 0 Å². The summed E-state index contributed by atoms with van der Waals surface area (Å²) in [5.41, 5.74) is 1.09. The third kappa shape index (κ3) is 2.96. The second-order valence-electron chi connectivity index (χ2n) is 5.20. The molecule has 0 N–H and O–H groups in total. The molecule has 0 aliphatic carbocycles. The van der Waals surface area contributed by atoms with Crippen molar-refractivity contribution in [2.45, 2.75) is 17.7 Å². The lowest BCUT2D eigenvalue weighted by Crippen LogP contribution is -2.35. The van der Waals surface area contributed by atoms with Crippen molar-refractivity contribution in [3.8, 4) is 0 Å². The summed E-state index contributed by atoms with van der Waals surface area (Å²) in [4.78, 5) is 10.6. The predicted molar refractivity (Wildman–Crippen MR) is 90.1 cm³/mol. The summed E-state index contributed by atoms with van der Waals surface area (Å²) in [6.45, 7) is 0.312. The molecule has 3 rings (SSSR count). The van der Waals surface area contributed by atoms with Gasteiger partial charge in [0.2, 0.25) is 0 Å². The number of aryl methyl sites for hydroxylation is 1. The van der Waals surface area contributed by atoms with Crippen LogP contribution < -0.4 is 4.31 Å². The molecule has 0 bridgehead atoms. The number of non-ortho nitro benzene ring substituents is 1. The molecule has 0 amide bonds. The standard InChI is InChI=1S/C15H13BrN2O4S/c16-12-4-7-14(8-5-12)23(21,22)17-9-1-2-11-3-6-13(18(19)20)10-15(11)17/h3-8,10H,1-2,9H2. The molecule has 0 radical (unpaired) electrons. The largest absolute Gasteiger partial charge is 0.271 e. The molecule has 2 aromatic rings. The van der Waals surface area contributed by atoms with Crippen molar-refractivity contribution in [2.24, 2.45) is 0 Å². The van der Waals surface area contributed by atoms with Gasteiger partial charge in [0, 0.05) is 23.2 Å².